The van der Waals surface area contributed by atoms with Gasteiger partial charge in [-0.1, -0.05) is 6.07 Å². The van der Waals surface area contributed by atoms with Gasteiger partial charge in [0.15, 0.2) is 0 Å². The second kappa shape index (κ2) is 5.76. The maximum absolute atomic E-state index is 13.1. The van der Waals surface area contributed by atoms with Crippen LogP contribution < -0.4 is 5.32 Å². The van der Waals surface area contributed by atoms with E-state index >= 15 is 0 Å². The number of thiophene rings is 1. The molecular weight excluding hydrogens is 301 g/mol. The number of hydrogen-bond acceptors (Lipinski definition) is 2. The Labute approximate surface area is 113 Å². The van der Waals surface area contributed by atoms with Crippen LogP contribution in [0.2, 0.25) is 0 Å². The molecule has 1 N–H and O–H groups in total. The van der Waals surface area contributed by atoms with Crippen molar-refractivity contribution in [3.63, 3.8) is 0 Å². The van der Waals surface area contributed by atoms with Crippen LogP contribution in [0, 0.1) is 5.82 Å². The molecule has 0 aliphatic rings. The van der Waals surface area contributed by atoms with Crippen molar-refractivity contribution in [3.05, 3.63) is 56.4 Å². The quantitative estimate of drug-likeness (QED) is 0.894. The highest BCUT2D eigenvalue weighted by Crippen LogP contribution is 2.23. The molecule has 90 valence electrons. The monoisotopic (exact) mass is 313 g/mol. The lowest BCUT2D eigenvalue weighted by atomic mass is 10.0. The lowest BCUT2D eigenvalue weighted by Crippen LogP contribution is -2.18. The minimum atomic E-state index is -0.217. The van der Waals surface area contributed by atoms with Crippen LogP contribution in [0.3, 0.4) is 0 Å². The van der Waals surface area contributed by atoms with E-state index < -0.39 is 0 Å². The highest BCUT2D eigenvalue weighted by Gasteiger charge is 2.11. The van der Waals surface area contributed by atoms with Crippen molar-refractivity contribution in [2.24, 2.45) is 0 Å². The first kappa shape index (κ1) is 12.7. The van der Waals surface area contributed by atoms with Gasteiger partial charge in [-0.3, -0.25) is 0 Å². The summed E-state index contributed by atoms with van der Waals surface area (Å²) in [5.41, 5.74) is 2.39. The molecule has 1 nitrogen and oxygen atoms in total. The SMILES string of the molecule is CNC(Cc1ccc(F)c(Br)c1)c1ccsc1. The van der Waals surface area contributed by atoms with Crippen LogP contribution in [0.5, 0.6) is 0 Å². The van der Waals surface area contributed by atoms with E-state index in [0.717, 1.165) is 12.0 Å². The van der Waals surface area contributed by atoms with Crippen molar-refractivity contribution in [3.8, 4) is 0 Å². The summed E-state index contributed by atoms with van der Waals surface area (Å²) in [6.45, 7) is 0. The van der Waals surface area contributed by atoms with Crippen LogP contribution in [0.15, 0.2) is 39.5 Å². The number of benzene rings is 1. The Hall–Kier alpha value is -0.710. The Morgan fingerprint density at radius 2 is 2.24 bits per heavy atom. The van der Waals surface area contributed by atoms with Crippen LogP contribution in [0.1, 0.15) is 17.2 Å². The number of nitrogens with one attached hydrogen (secondary N) is 1. The summed E-state index contributed by atoms with van der Waals surface area (Å²) in [5, 5.41) is 7.49. The van der Waals surface area contributed by atoms with Gasteiger partial charge in [-0.25, -0.2) is 4.39 Å². The summed E-state index contributed by atoms with van der Waals surface area (Å²) in [7, 11) is 1.95. The van der Waals surface area contributed by atoms with Crippen molar-refractivity contribution in [2.45, 2.75) is 12.5 Å². The first-order valence-electron chi connectivity index (χ1n) is 5.34. The Morgan fingerprint density at radius 3 is 2.82 bits per heavy atom. The highest BCUT2D eigenvalue weighted by atomic mass is 79.9. The number of likely N-dealkylation sites (N-methyl/N-ethyl adjacent to an activating group) is 1. The van der Waals surface area contributed by atoms with Gasteiger partial charge in [-0.05, 0) is 69.5 Å². The molecule has 2 rings (SSSR count). The summed E-state index contributed by atoms with van der Waals surface area (Å²) in [4.78, 5) is 0. The molecule has 0 aliphatic carbocycles. The maximum Gasteiger partial charge on any atom is 0.137 e. The third-order valence-electron chi connectivity index (χ3n) is 2.72. The van der Waals surface area contributed by atoms with Crippen molar-refractivity contribution >= 4 is 27.3 Å². The second-order valence-corrected chi connectivity index (χ2v) is 5.48. The van der Waals surface area contributed by atoms with E-state index in [2.05, 4.69) is 38.1 Å². The molecule has 0 saturated heterocycles. The Bertz CT molecular complexity index is 484. The van der Waals surface area contributed by atoms with Gasteiger partial charge in [0, 0.05) is 6.04 Å². The van der Waals surface area contributed by atoms with E-state index in [-0.39, 0.29) is 11.9 Å². The molecule has 0 aliphatic heterocycles. The second-order valence-electron chi connectivity index (χ2n) is 3.85. The molecular formula is C13H13BrFNS. The van der Waals surface area contributed by atoms with E-state index in [0.29, 0.717) is 4.47 Å². The zero-order valence-corrected chi connectivity index (χ0v) is 11.8. The fourth-order valence-corrected chi connectivity index (χ4v) is 2.90. The minimum Gasteiger partial charge on any atom is -0.313 e. The first-order valence-corrected chi connectivity index (χ1v) is 7.07. The standard InChI is InChI=1S/C13H13BrFNS/c1-16-13(10-4-5-17-8-10)7-9-2-3-12(15)11(14)6-9/h2-6,8,13,16H,7H2,1H3. The van der Waals surface area contributed by atoms with Crippen molar-refractivity contribution in [2.75, 3.05) is 7.05 Å². The highest BCUT2D eigenvalue weighted by molar-refractivity contribution is 9.10. The average molecular weight is 314 g/mol. The van der Waals surface area contributed by atoms with E-state index in [1.54, 1.807) is 11.3 Å². The van der Waals surface area contributed by atoms with Crippen LogP contribution in [0.25, 0.3) is 0 Å². The molecule has 2 aromatic rings. The zero-order chi connectivity index (χ0) is 12.3. The predicted molar refractivity (Wildman–Crippen MR) is 73.9 cm³/mol. The third kappa shape index (κ3) is 3.15. The molecule has 1 aromatic heterocycles. The fraction of sp³-hybridized carbons (Fsp3) is 0.231. The minimum absolute atomic E-state index is 0.217. The summed E-state index contributed by atoms with van der Waals surface area (Å²) in [6, 6.07) is 7.56. The summed E-state index contributed by atoms with van der Waals surface area (Å²) >= 11 is 4.90. The maximum atomic E-state index is 13.1. The average Bonchev–Trinajstić information content (AvgIpc) is 2.84. The van der Waals surface area contributed by atoms with E-state index in [4.69, 9.17) is 0 Å². The van der Waals surface area contributed by atoms with E-state index in [1.165, 1.54) is 11.6 Å². The summed E-state index contributed by atoms with van der Waals surface area (Å²) in [5.74, 6) is -0.217. The third-order valence-corrected chi connectivity index (χ3v) is 4.03. The summed E-state index contributed by atoms with van der Waals surface area (Å²) in [6.07, 6.45) is 0.853. The molecule has 1 heterocycles. The van der Waals surface area contributed by atoms with Gasteiger partial charge in [0.05, 0.1) is 4.47 Å². The molecule has 0 radical (unpaired) electrons. The smallest absolute Gasteiger partial charge is 0.137 e. The Balaban J connectivity index is 2.16. The van der Waals surface area contributed by atoms with E-state index in [1.807, 2.05) is 19.2 Å². The largest absolute Gasteiger partial charge is 0.313 e. The molecule has 4 heteroatoms. The predicted octanol–water partition coefficient (Wildman–Crippen LogP) is 4.15. The van der Waals surface area contributed by atoms with Gasteiger partial charge >= 0.3 is 0 Å². The molecule has 0 saturated carbocycles. The molecule has 0 spiro atoms. The number of halogens is 2. The van der Waals surface area contributed by atoms with Crippen LogP contribution in [0.4, 0.5) is 4.39 Å². The Kier molecular flexibility index (Phi) is 4.31. The molecule has 0 bridgehead atoms. The van der Waals surface area contributed by atoms with Crippen molar-refractivity contribution in [1.82, 2.24) is 5.32 Å². The van der Waals surface area contributed by atoms with Gasteiger partial charge in [0.1, 0.15) is 5.82 Å². The van der Waals surface area contributed by atoms with E-state index in [9.17, 15) is 4.39 Å². The first-order chi connectivity index (χ1) is 8.20. The van der Waals surface area contributed by atoms with Crippen LogP contribution in [-0.4, -0.2) is 7.05 Å². The van der Waals surface area contributed by atoms with Gasteiger partial charge in [-0.15, -0.1) is 0 Å². The number of rotatable bonds is 4. The topological polar surface area (TPSA) is 12.0 Å². The van der Waals surface area contributed by atoms with Crippen LogP contribution >= 0.6 is 27.3 Å². The molecule has 1 aromatic carbocycles. The van der Waals surface area contributed by atoms with Crippen molar-refractivity contribution in [1.29, 1.82) is 0 Å². The lowest BCUT2D eigenvalue weighted by molar-refractivity contribution is 0.589. The van der Waals surface area contributed by atoms with Gasteiger partial charge in [-0.2, -0.15) is 11.3 Å². The van der Waals surface area contributed by atoms with Crippen LogP contribution in [-0.2, 0) is 6.42 Å². The zero-order valence-electron chi connectivity index (χ0n) is 9.41. The van der Waals surface area contributed by atoms with Gasteiger partial charge in [0.2, 0.25) is 0 Å². The van der Waals surface area contributed by atoms with Gasteiger partial charge in [0.25, 0.3) is 0 Å². The fourth-order valence-electron chi connectivity index (χ4n) is 1.76. The molecule has 0 fully saturated rings. The molecule has 1 unspecified atom stereocenters. The Morgan fingerprint density at radius 1 is 1.41 bits per heavy atom. The molecule has 1 atom stereocenters. The van der Waals surface area contributed by atoms with Crippen molar-refractivity contribution < 1.29 is 4.39 Å². The lowest BCUT2D eigenvalue weighted by Gasteiger charge is -2.15. The number of hydrogen-bond donors (Lipinski definition) is 1. The molecule has 0 amide bonds. The van der Waals surface area contributed by atoms with Gasteiger partial charge < -0.3 is 5.32 Å². The summed E-state index contributed by atoms with van der Waals surface area (Å²) < 4.78 is 13.7. The molecule has 17 heavy (non-hydrogen) atoms. The normalized spacial score (nSPS) is 12.6.